The van der Waals surface area contributed by atoms with Gasteiger partial charge in [-0.1, -0.05) is 6.07 Å². The topological polar surface area (TPSA) is 43.4 Å². The maximum absolute atomic E-state index is 5.37. The second-order valence-electron chi connectivity index (χ2n) is 4.56. The fourth-order valence-electron chi connectivity index (χ4n) is 2.07. The van der Waals surface area contributed by atoms with E-state index in [2.05, 4.69) is 39.0 Å². The lowest BCUT2D eigenvalue weighted by molar-refractivity contribution is 0.352. The first kappa shape index (κ1) is 16.0. The molecule has 5 heteroatoms. The lowest BCUT2D eigenvalue weighted by Gasteiger charge is -2.12. The molecule has 0 saturated heterocycles. The molecule has 0 aliphatic heterocycles. The molecule has 0 atom stereocenters. The first-order valence-electron chi connectivity index (χ1n) is 6.75. The number of aromatic nitrogens is 1. The number of methoxy groups -OCH3 is 2. The van der Waals surface area contributed by atoms with Crippen molar-refractivity contribution in [2.45, 2.75) is 13.0 Å². The van der Waals surface area contributed by atoms with Crippen molar-refractivity contribution in [3.63, 3.8) is 0 Å². The Bertz CT molecular complexity index is 576. The Morgan fingerprint density at radius 1 is 1.19 bits per heavy atom. The van der Waals surface area contributed by atoms with E-state index in [1.807, 2.05) is 30.5 Å². The van der Waals surface area contributed by atoms with Gasteiger partial charge in [0, 0.05) is 31.4 Å². The molecule has 0 aliphatic carbocycles. The summed E-state index contributed by atoms with van der Waals surface area (Å²) in [5, 5.41) is 3.43. The van der Waals surface area contributed by atoms with Gasteiger partial charge in [-0.05, 0) is 52.4 Å². The zero-order chi connectivity index (χ0) is 15.1. The first-order chi connectivity index (χ1) is 10.2. The summed E-state index contributed by atoms with van der Waals surface area (Å²) in [6.07, 6.45) is 2.75. The second-order valence-corrected chi connectivity index (χ2v) is 5.72. The van der Waals surface area contributed by atoms with Crippen LogP contribution >= 0.6 is 22.6 Å². The minimum absolute atomic E-state index is 0.769. The van der Waals surface area contributed by atoms with Gasteiger partial charge < -0.3 is 14.8 Å². The molecule has 1 aromatic carbocycles. The third kappa shape index (κ3) is 4.57. The summed E-state index contributed by atoms with van der Waals surface area (Å²) in [4.78, 5) is 4.31. The molecule has 0 bridgehead atoms. The van der Waals surface area contributed by atoms with Gasteiger partial charge in [0.2, 0.25) is 0 Å². The Hall–Kier alpha value is -1.34. The van der Waals surface area contributed by atoms with Crippen molar-refractivity contribution < 1.29 is 9.47 Å². The molecule has 1 heterocycles. The van der Waals surface area contributed by atoms with Crippen LogP contribution in [-0.4, -0.2) is 25.7 Å². The minimum Gasteiger partial charge on any atom is -0.493 e. The van der Waals surface area contributed by atoms with Gasteiger partial charge in [-0.15, -0.1) is 0 Å². The average molecular weight is 398 g/mol. The van der Waals surface area contributed by atoms with Gasteiger partial charge in [-0.25, -0.2) is 0 Å². The van der Waals surface area contributed by atoms with Crippen molar-refractivity contribution in [3.05, 3.63) is 51.4 Å². The third-order valence-corrected chi connectivity index (χ3v) is 3.91. The van der Waals surface area contributed by atoms with Gasteiger partial charge in [0.05, 0.1) is 17.8 Å². The van der Waals surface area contributed by atoms with E-state index in [4.69, 9.17) is 9.47 Å². The first-order valence-corrected chi connectivity index (χ1v) is 7.83. The zero-order valence-electron chi connectivity index (χ0n) is 12.2. The number of nitrogens with zero attached hydrogens (tertiary/aromatic N) is 1. The summed E-state index contributed by atoms with van der Waals surface area (Å²) < 4.78 is 11.8. The standard InChI is InChI=1S/C16H19IN2O2/c1-20-15-10-12(9-14(17)16(15)21-2)11-18-8-6-13-5-3-4-7-19-13/h3-5,7,9-10,18H,6,8,11H2,1-2H3. The van der Waals surface area contributed by atoms with Crippen LogP contribution in [0.25, 0.3) is 0 Å². The van der Waals surface area contributed by atoms with Crippen molar-refractivity contribution in [1.29, 1.82) is 0 Å². The van der Waals surface area contributed by atoms with Gasteiger partial charge in [-0.2, -0.15) is 0 Å². The Morgan fingerprint density at radius 3 is 2.71 bits per heavy atom. The highest BCUT2D eigenvalue weighted by molar-refractivity contribution is 14.1. The van der Waals surface area contributed by atoms with Crippen LogP contribution in [0.5, 0.6) is 11.5 Å². The SMILES string of the molecule is COc1cc(CNCCc2ccccn2)cc(I)c1OC. The summed E-state index contributed by atoms with van der Waals surface area (Å²) in [5.74, 6) is 1.56. The number of hydrogen-bond acceptors (Lipinski definition) is 4. The molecule has 0 aliphatic rings. The van der Waals surface area contributed by atoms with Gasteiger partial charge in [0.25, 0.3) is 0 Å². The zero-order valence-corrected chi connectivity index (χ0v) is 14.4. The van der Waals surface area contributed by atoms with Crippen LogP contribution in [-0.2, 0) is 13.0 Å². The number of rotatable bonds is 7. The van der Waals surface area contributed by atoms with Crippen molar-refractivity contribution in [1.82, 2.24) is 10.3 Å². The molecule has 2 rings (SSSR count). The summed E-state index contributed by atoms with van der Waals surface area (Å²) >= 11 is 2.26. The molecule has 0 amide bonds. The average Bonchev–Trinajstić information content (AvgIpc) is 2.52. The van der Waals surface area contributed by atoms with Crippen LogP contribution in [0.2, 0.25) is 0 Å². The fraction of sp³-hybridized carbons (Fsp3) is 0.312. The third-order valence-electron chi connectivity index (χ3n) is 3.11. The maximum atomic E-state index is 5.37. The number of halogens is 1. The number of nitrogens with one attached hydrogen (secondary N) is 1. The van der Waals surface area contributed by atoms with E-state index in [1.54, 1.807) is 14.2 Å². The van der Waals surface area contributed by atoms with Crippen molar-refractivity contribution in [3.8, 4) is 11.5 Å². The molecule has 4 nitrogen and oxygen atoms in total. The number of ether oxygens (including phenoxy) is 2. The van der Waals surface area contributed by atoms with Gasteiger partial charge >= 0.3 is 0 Å². The van der Waals surface area contributed by atoms with Crippen LogP contribution in [0.1, 0.15) is 11.3 Å². The molecule has 1 aromatic heterocycles. The van der Waals surface area contributed by atoms with E-state index < -0.39 is 0 Å². The largest absolute Gasteiger partial charge is 0.493 e. The van der Waals surface area contributed by atoms with Gasteiger partial charge in [0.15, 0.2) is 11.5 Å². The van der Waals surface area contributed by atoms with Gasteiger partial charge in [-0.3, -0.25) is 4.98 Å². The Balaban J connectivity index is 1.90. The molecule has 112 valence electrons. The fourth-order valence-corrected chi connectivity index (χ4v) is 2.95. The Morgan fingerprint density at radius 2 is 2.05 bits per heavy atom. The van der Waals surface area contributed by atoms with Crippen LogP contribution in [0, 0.1) is 3.57 Å². The monoisotopic (exact) mass is 398 g/mol. The highest BCUT2D eigenvalue weighted by Gasteiger charge is 2.10. The van der Waals surface area contributed by atoms with E-state index in [1.165, 1.54) is 5.56 Å². The lowest BCUT2D eigenvalue weighted by atomic mass is 10.2. The lowest BCUT2D eigenvalue weighted by Crippen LogP contribution is -2.17. The molecular weight excluding hydrogens is 379 g/mol. The summed E-state index contributed by atoms with van der Waals surface area (Å²) in [6.45, 7) is 1.69. The highest BCUT2D eigenvalue weighted by atomic mass is 127. The van der Waals surface area contributed by atoms with Crippen molar-refractivity contribution in [2.24, 2.45) is 0 Å². The van der Waals surface area contributed by atoms with Crippen molar-refractivity contribution >= 4 is 22.6 Å². The molecule has 1 N–H and O–H groups in total. The predicted molar refractivity (Wildman–Crippen MR) is 91.9 cm³/mol. The molecule has 0 spiro atoms. The van der Waals surface area contributed by atoms with Crippen molar-refractivity contribution in [2.75, 3.05) is 20.8 Å². The van der Waals surface area contributed by atoms with E-state index in [9.17, 15) is 0 Å². The van der Waals surface area contributed by atoms with E-state index >= 15 is 0 Å². The predicted octanol–water partition coefficient (Wildman–Crippen LogP) is 3.04. The molecule has 21 heavy (non-hydrogen) atoms. The molecule has 0 fully saturated rings. The molecule has 0 unspecified atom stereocenters. The molecule has 0 radical (unpaired) electrons. The Kier molecular flexibility index (Phi) is 6.25. The highest BCUT2D eigenvalue weighted by Crippen LogP contribution is 2.33. The quantitative estimate of drug-likeness (QED) is 0.575. The van der Waals surface area contributed by atoms with Gasteiger partial charge in [0.1, 0.15) is 0 Å². The van der Waals surface area contributed by atoms with Crippen LogP contribution in [0.4, 0.5) is 0 Å². The second kappa shape index (κ2) is 8.19. The summed E-state index contributed by atoms with van der Waals surface area (Å²) in [5.41, 5.74) is 2.28. The van der Waals surface area contributed by atoms with E-state index in [0.717, 1.165) is 40.3 Å². The maximum Gasteiger partial charge on any atom is 0.174 e. The molecular formula is C16H19IN2O2. The molecule has 2 aromatic rings. The normalized spacial score (nSPS) is 10.4. The number of hydrogen-bond donors (Lipinski definition) is 1. The molecule has 0 saturated carbocycles. The number of benzene rings is 1. The number of pyridine rings is 1. The Labute approximate surface area is 139 Å². The summed E-state index contributed by atoms with van der Waals surface area (Å²) in [6, 6.07) is 10.1. The van der Waals surface area contributed by atoms with Crippen LogP contribution in [0.15, 0.2) is 36.5 Å². The summed E-state index contributed by atoms with van der Waals surface area (Å²) in [7, 11) is 3.32. The smallest absolute Gasteiger partial charge is 0.174 e. The van der Waals surface area contributed by atoms with Crippen LogP contribution in [0.3, 0.4) is 0 Å². The van der Waals surface area contributed by atoms with E-state index in [-0.39, 0.29) is 0 Å². The minimum atomic E-state index is 0.769. The van der Waals surface area contributed by atoms with Crippen LogP contribution < -0.4 is 14.8 Å². The van der Waals surface area contributed by atoms with E-state index in [0.29, 0.717) is 0 Å².